The highest BCUT2D eigenvalue weighted by atomic mass is 19.4. The number of likely N-dealkylation sites (N-methyl/N-ethyl adjacent to an activating group) is 1. The Morgan fingerprint density at radius 2 is 1.92 bits per heavy atom. The molecule has 3 amide bonds. The quantitative estimate of drug-likeness (QED) is 0.674. The van der Waals surface area contributed by atoms with Gasteiger partial charge in [0, 0.05) is 18.7 Å². The lowest BCUT2D eigenvalue weighted by Gasteiger charge is -2.07. The first kappa shape index (κ1) is 15.9. The van der Waals surface area contributed by atoms with E-state index in [0.29, 0.717) is 0 Å². The van der Waals surface area contributed by atoms with Crippen molar-refractivity contribution in [1.82, 2.24) is 10.2 Å². The minimum atomic E-state index is -4.45. The molecule has 0 bridgehead atoms. The number of hydrogen-bond acceptors (Lipinski definition) is 3. The Morgan fingerprint density at radius 1 is 1.17 bits per heavy atom. The van der Waals surface area contributed by atoms with Gasteiger partial charge in [-0.1, -0.05) is 12.1 Å². The van der Waals surface area contributed by atoms with E-state index in [1.165, 1.54) is 37.4 Å². The predicted octanol–water partition coefficient (Wildman–Crippen LogP) is 3.49. The van der Waals surface area contributed by atoms with E-state index in [0.717, 1.165) is 17.0 Å². The van der Waals surface area contributed by atoms with Gasteiger partial charge in [0.05, 0.1) is 5.56 Å². The summed E-state index contributed by atoms with van der Waals surface area (Å²) < 4.78 is 43.7. The molecule has 124 valence electrons. The molecule has 0 spiro atoms. The maximum atomic E-state index is 12.8. The van der Waals surface area contributed by atoms with Crippen LogP contribution in [0.1, 0.15) is 11.3 Å². The molecule has 1 aromatic carbocycles. The first-order chi connectivity index (χ1) is 11.3. The van der Waals surface area contributed by atoms with Gasteiger partial charge in [0.25, 0.3) is 5.91 Å². The number of hydrogen-bond donors (Lipinski definition) is 1. The third-order valence-electron chi connectivity index (χ3n) is 3.47. The van der Waals surface area contributed by atoms with Gasteiger partial charge in [-0.15, -0.1) is 0 Å². The number of imide groups is 1. The van der Waals surface area contributed by atoms with Gasteiger partial charge in [-0.2, -0.15) is 13.2 Å². The van der Waals surface area contributed by atoms with Gasteiger partial charge in [0.1, 0.15) is 17.2 Å². The first-order valence-electron chi connectivity index (χ1n) is 6.84. The van der Waals surface area contributed by atoms with E-state index in [-0.39, 0.29) is 22.8 Å². The Morgan fingerprint density at radius 3 is 2.54 bits per heavy atom. The molecule has 0 saturated carbocycles. The molecule has 3 rings (SSSR count). The van der Waals surface area contributed by atoms with E-state index < -0.39 is 23.7 Å². The zero-order valence-corrected chi connectivity index (χ0v) is 12.3. The van der Waals surface area contributed by atoms with E-state index in [4.69, 9.17) is 4.42 Å². The third kappa shape index (κ3) is 2.90. The molecule has 1 aliphatic heterocycles. The largest absolute Gasteiger partial charge is 0.457 e. The molecule has 1 aromatic heterocycles. The van der Waals surface area contributed by atoms with Gasteiger partial charge in [0.2, 0.25) is 0 Å². The molecule has 1 aliphatic rings. The van der Waals surface area contributed by atoms with Crippen molar-refractivity contribution in [3.63, 3.8) is 0 Å². The van der Waals surface area contributed by atoms with Crippen molar-refractivity contribution < 1.29 is 27.2 Å². The minimum Gasteiger partial charge on any atom is -0.457 e. The number of nitrogens with zero attached hydrogens (tertiary/aromatic N) is 1. The molecule has 24 heavy (non-hydrogen) atoms. The Bertz CT molecular complexity index is 852. The lowest BCUT2D eigenvalue weighted by Crippen LogP contribution is -2.25. The second-order valence-corrected chi connectivity index (χ2v) is 5.13. The van der Waals surface area contributed by atoms with Crippen LogP contribution in [0.4, 0.5) is 18.0 Å². The summed E-state index contributed by atoms with van der Waals surface area (Å²) in [6, 6.07) is 7.16. The number of carbonyl (C=O) groups excluding carboxylic acids is 2. The normalized spacial score (nSPS) is 16.8. The number of benzene rings is 1. The smallest absolute Gasteiger partial charge is 0.416 e. The molecule has 1 fully saturated rings. The first-order valence-corrected chi connectivity index (χ1v) is 6.84. The maximum absolute atomic E-state index is 12.8. The van der Waals surface area contributed by atoms with E-state index in [1.54, 1.807) is 0 Å². The fourth-order valence-electron chi connectivity index (χ4n) is 2.20. The molecule has 1 N–H and O–H groups in total. The Hall–Kier alpha value is -3.03. The number of alkyl halides is 3. The number of rotatable bonds is 2. The highest BCUT2D eigenvalue weighted by Crippen LogP contribution is 2.32. The van der Waals surface area contributed by atoms with Gasteiger partial charge in [-0.05, 0) is 24.3 Å². The van der Waals surface area contributed by atoms with Gasteiger partial charge in [-0.25, -0.2) is 4.79 Å². The second-order valence-electron chi connectivity index (χ2n) is 5.13. The number of urea groups is 1. The molecule has 2 aromatic rings. The molecule has 5 nitrogen and oxygen atoms in total. The molecule has 1 saturated heterocycles. The minimum absolute atomic E-state index is 0.0347. The van der Waals surface area contributed by atoms with Crippen LogP contribution in [-0.4, -0.2) is 23.9 Å². The monoisotopic (exact) mass is 336 g/mol. The Kier molecular flexibility index (Phi) is 3.67. The summed E-state index contributed by atoms with van der Waals surface area (Å²) in [5.74, 6) is -0.0588. The summed E-state index contributed by atoms with van der Waals surface area (Å²) in [7, 11) is 1.33. The summed E-state index contributed by atoms with van der Waals surface area (Å²) in [5, 5.41) is 2.37. The highest BCUT2D eigenvalue weighted by molar-refractivity contribution is 6.13. The lowest BCUT2D eigenvalue weighted by atomic mass is 10.1. The number of halogens is 3. The van der Waals surface area contributed by atoms with Crippen molar-refractivity contribution in [1.29, 1.82) is 0 Å². The van der Waals surface area contributed by atoms with Crippen LogP contribution >= 0.6 is 0 Å². The van der Waals surface area contributed by atoms with Crippen LogP contribution in [0.2, 0.25) is 0 Å². The second kappa shape index (κ2) is 5.55. The van der Waals surface area contributed by atoms with Gasteiger partial charge in [-0.3, -0.25) is 9.69 Å². The van der Waals surface area contributed by atoms with Gasteiger partial charge >= 0.3 is 12.2 Å². The lowest BCUT2D eigenvalue weighted by molar-refractivity contribution is -0.137. The zero-order valence-electron chi connectivity index (χ0n) is 12.3. The van der Waals surface area contributed by atoms with E-state index in [9.17, 15) is 22.8 Å². The van der Waals surface area contributed by atoms with E-state index >= 15 is 0 Å². The zero-order chi connectivity index (χ0) is 17.5. The summed E-state index contributed by atoms with van der Waals surface area (Å²) in [5.41, 5.74) is -0.489. The van der Waals surface area contributed by atoms with Gasteiger partial charge < -0.3 is 9.73 Å². The Labute approximate surface area is 134 Å². The highest BCUT2D eigenvalue weighted by Gasteiger charge is 2.31. The van der Waals surface area contributed by atoms with Gasteiger partial charge in [0.15, 0.2) is 0 Å². The number of amides is 3. The fraction of sp³-hybridized carbons (Fsp3) is 0.125. The van der Waals surface area contributed by atoms with Crippen LogP contribution < -0.4 is 5.32 Å². The van der Waals surface area contributed by atoms with Crippen molar-refractivity contribution in [2.75, 3.05) is 7.05 Å². The average molecular weight is 336 g/mol. The van der Waals surface area contributed by atoms with Crippen molar-refractivity contribution in [3.8, 4) is 11.3 Å². The summed E-state index contributed by atoms with van der Waals surface area (Å²) in [6.07, 6.45) is -3.13. The number of carbonyl (C=O) groups is 2. The van der Waals surface area contributed by atoms with Crippen molar-refractivity contribution in [2.45, 2.75) is 6.18 Å². The van der Waals surface area contributed by atoms with E-state index in [2.05, 4.69) is 5.32 Å². The molecule has 0 unspecified atom stereocenters. The maximum Gasteiger partial charge on any atom is 0.416 e. The SMILES string of the molecule is CN1C(=O)N/C(=C/c2ccc(-c3cccc(C(F)(F)F)c3)o2)C1=O. The molecule has 0 aliphatic carbocycles. The number of furan rings is 1. The standard InChI is InChI=1S/C16H11F3N2O3/c1-21-14(22)12(20-15(21)23)8-11-5-6-13(24-11)9-3-2-4-10(7-9)16(17,18)19/h2-8H,1H3,(H,20,23)/b12-8+. The molecule has 0 radical (unpaired) electrons. The topological polar surface area (TPSA) is 62.6 Å². The van der Waals surface area contributed by atoms with Crippen LogP contribution in [0.25, 0.3) is 17.4 Å². The molecule has 0 atom stereocenters. The fourth-order valence-corrected chi connectivity index (χ4v) is 2.20. The molecular formula is C16H11F3N2O3. The van der Waals surface area contributed by atoms with Crippen LogP contribution in [0.3, 0.4) is 0 Å². The van der Waals surface area contributed by atoms with E-state index in [1.807, 2.05) is 0 Å². The summed E-state index contributed by atoms with van der Waals surface area (Å²) in [6.45, 7) is 0. The van der Waals surface area contributed by atoms with Crippen LogP contribution in [0, 0.1) is 0 Å². The van der Waals surface area contributed by atoms with Crippen molar-refractivity contribution in [3.05, 3.63) is 53.4 Å². The average Bonchev–Trinajstić information content (AvgIpc) is 3.08. The molecular weight excluding hydrogens is 325 g/mol. The molecule has 2 heterocycles. The third-order valence-corrected chi connectivity index (χ3v) is 3.47. The summed E-state index contributed by atoms with van der Waals surface area (Å²) in [4.78, 5) is 24.0. The van der Waals surface area contributed by atoms with Crippen LogP contribution in [0.15, 0.2) is 46.5 Å². The van der Waals surface area contributed by atoms with Crippen LogP contribution in [0.5, 0.6) is 0 Å². The molecule has 8 heteroatoms. The number of nitrogens with one attached hydrogen (secondary N) is 1. The Balaban J connectivity index is 1.90. The predicted molar refractivity (Wildman–Crippen MR) is 78.4 cm³/mol. The van der Waals surface area contributed by atoms with Crippen molar-refractivity contribution in [2.24, 2.45) is 0 Å². The van der Waals surface area contributed by atoms with Crippen molar-refractivity contribution >= 4 is 18.0 Å². The summed E-state index contributed by atoms with van der Waals surface area (Å²) >= 11 is 0. The van der Waals surface area contributed by atoms with Crippen LogP contribution in [-0.2, 0) is 11.0 Å².